The maximum absolute atomic E-state index is 12.6. The van der Waals surface area contributed by atoms with Gasteiger partial charge in [-0.2, -0.15) is 0 Å². The normalized spacial score (nSPS) is 10.7. The molecule has 1 rings (SSSR count). The molecule has 76 valence electrons. The van der Waals surface area contributed by atoms with Crippen LogP contribution in [0.1, 0.15) is 28.0 Å². The monoisotopic (exact) mass is 283 g/mol. The molecule has 0 aliphatic carbocycles. The lowest BCUT2D eigenvalue weighted by Crippen LogP contribution is -2.04. The van der Waals surface area contributed by atoms with Crippen molar-refractivity contribution in [2.75, 3.05) is 0 Å². The first kappa shape index (κ1) is 11.5. The lowest BCUT2D eigenvalue weighted by atomic mass is 10.1. The average molecular weight is 284 g/mol. The summed E-state index contributed by atoms with van der Waals surface area (Å²) in [7, 11) is 0. The molecular weight excluding hydrogens is 279 g/mol. The van der Waals surface area contributed by atoms with Crippen molar-refractivity contribution in [3.05, 3.63) is 27.5 Å². The van der Waals surface area contributed by atoms with Gasteiger partial charge in [-0.25, -0.2) is 8.78 Å². The van der Waals surface area contributed by atoms with Crippen LogP contribution in [0.5, 0.6) is 0 Å². The van der Waals surface area contributed by atoms with Crippen molar-refractivity contribution in [2.45, 2.75) is 13.3 Å². The van der Waals surface area contributed by atoms with Gasteiger partial charge in [0.1, 0.15) is 5.69 Å². The summed E-state index contributed by atoms with van der Waals surface area (Å²) in [5, 5.41) is -0.976. The molecule has 6 heteroatoms. The average Bonchev–Trinajstić information content (AvgIpc) is 2.08. The molecule has 0 saturated carbocycles. The van der Waals surface area contributed by atoms with Crippen LogP contribution >= 0.6 is 27.5 Å². The lowest BCUT2D eigenvalue weighted by molar-refractivity contribution is 0.106. The molecule has 0 unspecified atom stereocenters. The molecule has 0 spiro atoms. The number of rotatable bonds is 2. The minimum atomic E-state index is -2.77. The van der Waals surface area contributed by atoms with Gasteiger partial charge in [-0.3, -0.25) is 9.78 Å². The summed E-state index contributed by atoms with van der Waals surface area (Å²) < 4.78 is 25.5. The Hall–Kier alpha value is -0.550. The number of aromatic nitrogens is 1. The third-order valence-corrected chi connectivity index (χ3v) is 2.71. The topological polar surface area (TPSA) is 30.0 Å². The highest BCUT2D eigenvalue weighted by Gasteiger charge is 2.22. The molecule has 2 nitrogen and oxygen atoms in total. The van der Waals surface area contributed by atoms with Gasteiger partial charge in [0.15, 0.2) is 0 Å². The van der Waals surface area contributed by atoms with E-state index in [4.69, 9.17) is 11.6 Å². The molecule has 14 heavy (non-hydrogen) atoms. The molecule has 0 atom stereocenters. The van der Waals surface area contributed by atoms with Crippen molar-refractivity contribution in [1.29, 1.82) is 0 Å². The molecule has 0 aliphatic heterocycles. The predicted octanol–water partition coefficient (Wildman–Crippen LogP) is 3.47. The Morgan fingerprint density at radius 1 is 1.64 bits per heavy atom. The molecule has 0 saturated heterocycles. The summed E-state index contributed by atoms with van der Waals surface area (Å²) in [6, 6.07) is 0. The third kappa shape index (κ3) is 2.09. The molecule has 0 N–H and O–H groups in total. The summed E-state index contributed by atoms with van der Waals surface area (Å²) in [5.74, 6) is 0. The maximum Gasteiger partial charge on any atom is 0.271 e. The Labute approximate surface area is 92.4 Å². The van der Waals surface area contributed by atoms with Crippen LogP contribution in [0, 0.1) is 6.92 Å². The van der Waals surface area contributed by atoms with Gasteiger partial charge < -0.3 is 0 Å². The molecule has 1 aromatic rings. The highest BCUT2D eigenvalue weighted by molar-refractivity contribution is 9.10. The summed E-state index contributed by atoms with van der Waals surface area (Å²) in [5.41, 5.74) is -0.527. The molecule has 0 bridgehead atoms. The molecule has 0 radical (unpaired) electrons. The van der Waals surface area contributed by atoms with Crippen molar-refractivity contribution < 1.29 is 13.6 Å². The smallest absolute Gasteiger partial charge is 0.271 e. The van der Waals surface area contributed by atoms with Gasteiger partial charge in [0, 0.05) is 10.7 Å². The molecule has 1 aromatic heterocycles. The molecule has 0 amide bonds. The number of carbonyl (C=O) groups excluding carboxylic acids is 1. The van der Waals surface area contributed by atoms with Crippen LogP contribution in [0.4, 0.5) is 8.78 Å². The van der Waals surface area contributed by atoms with Crippen molar-refractivity contribution in [3.63, 3.8) is 0 Å². The van der Waals surface area contributed by atoms with E-state index in [1.807, 2.05) is 0 Å². The van der Waals surface area contributed by atoms with E-state index in [0.717, 1.165) is 0 Å². The predicted molar refractivity (Wildman–Crippen MR) is 51.8 cm³/mol. The number of carbonyl (C=O) groups is 1. The molecule has 1 heterocycles. The summed E-state index contributed by atoms with van der Waals surface area (Å²) in [6.45, 7) is 1.47. The van der Waals surface area contributed by atoms with Gasteiger partial charge >= 0.3 is 0 Å². The van der Waals surface area contributed by atoms with Gasteiger partial charge in [0.2, 0.25) is 0 Å². The Morgan fingerprint density at radius 3 is 2.64 bits per heavy atom. The second-order valence-corrected chi connectivity index (χ2v) is 3.77. The van der Waals surface area contributed by atoms with Gasteiger partial charge in [0.05, 0.1) is 5.56 Å². The lowest BCUT2D eigenvalue weighted by Gasteiger charge is -2.09. The number of halogens is 4. The van der Waals surface area contributed by atoms with Gasteiger partial charge in [-0.1, -0.05) is 0 Å². The summed E-state index contributed by atoms with van der Waals surface area (Å²) >= 11 is 8.17. The van der Waals surface area contributed by atoms with E-state index < -0.39 is 17.2 Å². The Morgan fingerprint density at radius 2 is 2.21 bits per heavy atom. The Balaban J connectivity index is 3.45. The third-order valence-electron chi connectivity index (χ3n) is 1.73. The van der Waals surface area contributed by atoms with Crippen molar-refractivity contribution in [3.8, 4) is 0 Å². The van der Waals surface area contributed by atoms with Crippen molar-refractivity contribution >= 4 is 32.8 Å². The zero-order chi connectivity index (χ0) is 10.9. The van der Waals surface area contributed by atoms with Gasteiger partial charge in [-0.15, -0.1) is 0 Å². The quantitative estimate of drug-likeness (QED) is 0.778. The SMILES string of the molecule is Cc1c(Br)cnc(C(=O)Cl)c1C(F)F. The van der Waals surface area contributed by atoms with Crippen LogP contribution in [0.25, 0.3) is 0 Å². The van der Waals surface area contributed by atoms with E-state index in [1.54, 1.807) is 0 Å². The van der Waals surface area contributed by atoms with Gasteiger partial charge in [-0.05, 0) is 40.0 Å². The molecular formula is C8H5BrClF2NO. The van der Waals surface area contributed by atoms with E-state index >= 15 is 0 Å². The minimum absolute atomic E-state index is 0.277. The van der Waals surface area contributed by atoms with Crippen LogP contribution in [0.15, 0.2) is 10.7 Å². The first-order valence-electron chi connectivity index (χ1n) is 3.58. The van der Waals surface area contributed by atoms with E-state index in [0.29, 0.717) is 4.47 Å². The largest absolute Gasteiger partial charge is 0.274 e. The summed E-state index contributed by atoms with van der Waals surface area (Å²) in [6.07, 6.45) is -1.49. The van der Waals surface area contributed by atoms with Crippen LogP contribution in [-0.4, -0.2) is 10.2 Å². The van der Waals surface area contributed by atoms with Crippen LogP contribution < -0.4 is 0 Å². The highest BCUT2D eigenvalue weighted by Crippen LogP contribution is 2.30. The Kier molecular flexibility index (Phi) is 3.55. The fourth-order valence-corrected chi connectivity index (χ4v) is 1.48. The minimum Gasteiger partial charge on any atom is -0.274 e. The second-order valence-electron chi connectivity index (χ2n) is 2.57. The first-order valence-corrected chi connectivity index (χ1v) is 4.75. The van der Waals surface area contributed by atoms with E-state index in [9.17, 15) is 13.6 Å². The Bertz CT molecular complexity index is 384. The van der Waals surface area contributed by atoms with Gasteiger partial charge in [0.25, 0.3) is 11.7 Å². The molecule has 0 fully saturated rings. The number of alkyl halides is 2. The van der Waals surface area contributed by atoms with E-state index in [1.165, 1.54) is 13.1 Å². The van der Waals surface area contributed by atoms with Crippen LogP contribution in [0.3, 0.4) is 0 Å². The fourth-order valence-electron chi connectivity index (χ4n) is 1.02. The standard InChI is InChI=1S/C8H5BrClF2NO/c1-3-4(9)2-13-6(7(10)14)5(3)8(11)12/h2,8H,1H3. The maximum atomic E-state index is 12.6. The second kappa shape index (κ2) is 4.31. The molecule has 0 aliphatic rings. The van der Waals surface area contributed by atoms with Crippen LogP contribution in [0.2, 0.25) is 0 Å². The number of pyridine rings is 1. The first-order chi connectivity index (χ1) is 6.45. The fraction of sp³-hybridized carbons (Fsp3) is 0.250. The zero-order valence-electron chi connectivity index (χ0n) is 7.02. The highest BCUT2D eigenvalue weighted by atomic mass is 79.9. The zero-order valence-corrected chi connectivity index (χ0v) is 9.36. The number of hydrogen-bond acceptors (Lipinski definition) is 2. The van der Waals surface area contributed by atoms with E-state index in [2.05, 4.69) is 20.9 Å². The van der Waals surface area contributed by atoms with Crippen molar-refractivity contribution in [1.82, 2.24) is 4.98 Å². The molecule has 0 aromatic carbocycles. The summed E-state index contributed by atoms with van der Waals surface area (Å²) in [4.78, 5) is 14.3. The number of nitrogens with zero attached hydrogens (tertiary/aromatic N) is 1. The van der Waals surface area contributed by atoms with E-state index in [-0.39, 0.29) is 11.3 Å². The number of hydrogen-bond donors (Lipinski definition) is 0. The van der Waals surface area contributed by atoms with Crippen molar-refractivity contribution in [2.24, 2.45) is 0 Å². The van der Waals surface area contributed by atoms with Crippen LogP contribution in [-0.2, 0) is 0 Å².